The SMILES string of the molecule is CCCCC/C=C\CCC(C)O[Si-](CCCCCCN(C)C)(OC(C)CC/C=C\CCCCC)OC(C)CC/C=C\CCCCC. The predicted molar refractivity (Wildman–Crippen MR) is 207 cm³/mol. The van der Waals surface area contributed by atoms with Gasteiger partial charge in [-0.2, -0.15) is 0 Å². The van der Waals surface area contributed by atoms with Crippen LogP contribution in [0.4, 0.5) is 0 Å². The van der Waals surface area contributed by atoms with Crippen LogP contribution in [0, 0.1) is 0 Å². The zero-order chi connectivity index (χ0) is 34.1. The predicted octanol–water partition coefficient (Wildman–Crippen LogP) is 13.0. The van der Waals surface area contributed by atoms with Crippen molar-refractivity contribution in [2.45, 2.75) is 207 Å². The highest BCUT2D eigenvalue weighted by molar-refractivity contribution is 6.60. The summed E-state index contributed by atoms with van der Waals surface area (Å²) in [5, 5.41) is 0. The molecule has 0 amide bonds. The van der Waals surface area contributed by atoms with Crippen LogP contribution in [-0.2, 0) is 13.3 Å². The Hall–Kier alpha value is -0.723. The molecule has 0 N–H and O–H groups in total. The summed E-state index contributed by atoms with van der Waals surface area (Å²) >= 11 is 0. The molecular formula is C41H81NO3Si-. The maximum atomic E-state index is 7.03. The summed E-state index contributed by atoms with van der Waals surface area (Å²) in [7, 11) is 1.42. The number of unbranched alkanes of at least 4 members (excludes halogenated alkanes) is 12. The van der Waals surface area contributed by atoms with Crippen molar-refractivity contribution in [2.24, 2.45) is 0 Å². The van der Waals surface area contributed by atoms with Crippen molar-refractivity contribution >= 4 is 8.80 Å². The molecule has 0 spiro atoms. The molecular weight excluding hydrogens is 583 g/mol. The first-order chi connectivity index (χ1) is 22.3. The molecule has 0 aromatic rings. The first-order valence-corrected chi connectivity index (χ1v) is 21.8. The molecule has 5 heteroatoms. The standard InChI is InChI=1S/C41H81NO3Si/c1-9-12-15-18-21-24-29-34-39(4)43-46(38-33-28-27-32-37-42(7)8,44-40(5)35-30-25-22-19-16-13-10-2)45-41(6)36-31-26-23-20-17-14-11-3/h21-26,39-41H,9-20,27-38H2,1-8H3/q-1/b24-21-,25-22-,26-23-. The quantitative estimate of drug-likeness (QED) is 0.0389. The average Bonchev–Trinajstić information content (AvgIpc) is 3.01. The largest absolute Gasteiger partial charge is 0.522 e. The van der Waals surface area contributed by atoms with Crippen LogP contribution in [0.25, 0.3) is 0 Å². The van der Waals surface area contributed by atoms with Crippen LogP contribution in [0.5, 0.6) is 0 Å². The third kappa shape index (κ3) is 29.4. The van der Waals surface area contributed by atoms with E-state index in [1.165, 1.54) is 96.3 Å². The van der Waals surface area contributed by atoms with Crippen LogP contribution in [0.1, 0.15) is 183 Å². The fourth-order valence-corrected chi connectivity index (χ4v) is 9.11. The molecule has 0 radical (unpaired) electrons. The molecule has 273 valence electrons. The highest BCUT2D eigenvalue weighted by atomic mass is 28.4. The molecule has 0 aliphatic carbocycles. The fourth-order valence-electron chi connectivity index (χ4n) is 5.72. The molecule has 0 aromatic carbocycles. The van der Waals surface area contributed by atoms with Crippen LogP contribution in [-0.4, -0.2) is 52.7 Å². The van der Waals surface area contributed by atoms with Gasteiger partial charge in [-0.05, 0) is 125 Å². The lowest BCUT2D eigenvalue weighted by Crippen LogP contribution is -2.51. The summed E-state index contributed by atoms with van der Waals surface area (Å²) in [5.74, 6) is 0. The van der Waals surface area contributed by atoms with E-state index in [-0.39, 0.29) is 18.3 Å². The Labute approximate surface area is 290 Å². The monoisotopic (exact) mass is 664 g/mol. The minimum atomic E-state index is -2.91. The van der Waals surface area contributed by atoms with Gasteiger partial charge in [0.1, 0.15) is 0 Å². The van der Waals surface area contributed by atoms with Gasteiger partial charge >= 0.3 is 0 Å². The zero-order valence-corrected chi connectivity index (χ0v) is 33.3. The second-order valence-electron chi connectivity index (χ2n) is 14.1. The van der Waals surface area contributed by atoms with E-state index in [0.717, 1.165) is 57.5 Å². The number of hydrogen-bond donors (Lipinski definition) is 0. The Morgan fingerprint density at radius 1 is 0.457 bits per heavy atom. The zero-order valence-electron chi connectivity index (χ0n) is 32.3. The van der Waals surface area contributed by atoms with Gasteiger partial charge < -0.3 is 18.2 Å². The molecule has 0 aliphatic rings. The molecule has 4 nitrogen and oxygen atoms in total. The van der Waals surface area contributed by atoms with E-state index in [1.807, 2.05) is 0 Å². The maximum absolute atomic E-state index is 7.03. The van der Waals surface area contributed by atoms with Crippen LogP contribution in [0.3, 0.4) is 0 Å². The van der Waals surface area contributed by atoms with Crippen molar-refractivity contribution in [2.75, 3.05) is 20.6 Å². The average molecular weight is 664 g/mol. The molecule has 0 rings (SSSR count). The van der Waals surface area contributed by atoms with Gasteiger partial charge in [0.25, 0.3) is 8.80 Å². The molecule has 3 unspecified atom stereocenters. The van der Waals surface area contributed by atoms with Gasteiger partial charge in [0.05, 0.1) is 0 Å². The lowest BCUT2D eigenvalue weighted by molar-refractivity contribution is -0.0134. The molecule has 0 heterocycles. The topological polar surface area (TPSA) is 30.9 Å². The third-order valence-electron chi connectivity index (χ3n) is 8.62. The van der Waals surface area contributed by atoms with E-state index in [4.69, 9.17) is 13.3 Å². The molecule has 0 aliphatic heterocycles. The number of hydrogen-bond acceptors (Lipinski definition) is 4. The summed E-state index contributed by atoms with van der Waals surface area (Å²) < 4.78 is 21.1. The van der Waals surface area contributed by atoms with Gasteiger partial charge in [0.2, 0.25) is 0 Å². The van der Waals surface area contributed by atoms with Gasteiger partial charge in [0, 0.05) is 18.3 Å². The lowest BCUT2D eigenvalue weighted by atomic mass is 10.1. The highest BCUT2D eigenvalue weighted by Crippen LogP contribution is 2.28. The number of nitrogens with zero attached hydrogens (tertiary/aromatic N) is 1. The van der Waals surface area contributed by atoms with Gasteiger partial charge in [-0.25, -0.2) is 0 Å². The molecule has 0 bridgehead atoms. The summed E-state index contributed by atoms with van der Waals surface area (Å²) in [4.78, 5) is 2.29. The Kier molecular flexibility index (Phi) is 32.3. The number of allylic oxidation sites excluding steroid dienone is 6. The van der Waals surface area contributed by atoms with E-state index in [1.54, 1.807) is 0 Å². The molecule has 0 fully saturated rings. The third-order valence-corrected chi connectivity index (χ3v) is 11.9. The number of rotatable bonds is 34. The Morgan fingerprint density at radius 2 is 0.804 bits per heavy atom. The van der Waals surface area contributed by atoms with Crippen molar-refractivity contribution in [1.29, 1.82) is 0 Å². The van der Waals surface area contributed by atoms with Gasteiger partial charge in [-0.15, -0.1) is 0 Å². The van der Waals surface area contributed by atoms with Crippen molar-refractivity contribution in [3.8, 4) is 0 Å². The summed E-state index contributed by atoms with van der Waals surface area (Å²) in [6.07, 6.45) is 40.8. The normalized spacial score (nSPS) is 15.8. The summed E-state index contributed by atoms with van der Waals surface area (Å²) in [5.41, 5.74) is 0. The van der Waals surface area contributed by atoms with Crippen LogP contribution >= 0.6 is 0 Å². The molecule has 0 aromatic heterocycles. The Bertz CT molecular complexity index is 644. The van der Waals surface area contributed by atoms with E-state index in [0.29, 0.717) is 0 Å². The molecule has 46 heavy (non-hydrogen) atoms. The summed E-state index contributed by atoms with van der Waals surface area (Å²) in [6.45, 7) is 14.7. The van der Waals surface area contributed by atoms with Crippen molar-refractivity contribution in [3.63, 3.8) is 0 Å². The minimum Gasteiger partial charge on any atom is -0.522 e. The highest BCUT2D eigenvalue weighted by Gasteiger charge is 2.31. The van der Waals surface area contributed by atoms with E-state index < -0.39 is 8.80 Å². The van der Waals surface area contributed by atoms with Gasteiger partial charge in [-0.1, -0.05) is 121 Å². The minimum absolute atomic E-state index is 0.122. The lowest BCUT2D eigenvalue weighted by Gasteiger charge is -2.49. The van der Waals surface area contributed by atoms with E-state index in [2.05, 4.69) is 97.0 Å². The van der Waals surface area contributed by atoms with Crippen LogP contribution in [0.2, 0.25) is 6.04 Å². The summed E-state index contributed by atoms with van der Waals surface area (Å²) in [6, 6.07) is 0.917. The molecule has 0 saturated carbocycles. The molecule has 0 saturated heterocycles. The fraction of sp³-hybridized carbons (Fsp3) is 0.854. The van der Waals surface area contributed by atoms with E-state index in [9.17, 15) is 0 Å². The molecule has 3 atom stereocenters. The van der Waals surface area contributed by atoms with Crippen molar-refractivity contribution in [1.82, 2.24) is 4.90 Å². The van der Waals surface area contributed by atoms with Crippen molar-refractivity contribution < 1.29 is 13.3 Å². The van der Waals surface area contributed by atoms with E-state index >= 15 is 0 Å². The Morgan fingerprint density at radius 3 is 1.15 bits per heavy atom. The second-order valence-corrected chi connectivity index (χ2v) is 16.6. The first kappa shape index (κ1) is 45.3. The van der Waals surface area contributed by atoms with Crippen LogP contribution < -0.4 is 0 Å². The van der Waals surface area contributed by atoms with Gasteiger partial charge in [0.15, 0.2) is 0 Å². The van der Waals surface area contributed by atoms with Crippen LogP contribution in [0.15, 0.2) is 36.5 Å². The Balaban J connectivity index is 5.54. The maximum Gasteiger partial charge on any atom is 0.281 e. The van der Waals surface area contributed by atoms with Crippen molar-refractivity contribution in [3.05, 3.63) is 36.5 Å². The van der Waals surface area contributed by atoms with Gasteiger partial charge in [-0.3, -0.25) is 0 Å². The second kappa shape index (κ2) is 32.8. The first-order valence-electron chi connectivity index (χ1n) is 19.9. The smallest absolute Gasteiger partial charge is 0.281 e.